The molecular weight excluding hydrogens is 264 g/mol. The predicted octanol–water partition coefficient (Wildman–Crippen LogP) is 2.69. The summed E-state index contributed by atoms with van der Waals surface area (Å²) < 4.78 is 1.11. The normalized spacial score (nSPS) is 21.1. The second-order valence-electron chi connectivity index (χ2n) is 5.04. The lowest BCUT2D eigenvalue weighted by molar-refractivity contribution is 0.242. The average Bonchev–Trinajstić information content (AvgIpc) is 3.10. The van der Waals surface area contributed by atoms with Gasteiger partial charge in [0.05, 0.1) is 0 Å². The predicted molar refractivity (Wildman–Crippen MR) is 77.6 cm³/mol. The minimum atomic E-state index is 0.671. The van der Waals surface area contributed by atoms with Crippen molar-refractivity contribution in [3.05, 3.63) is 0 Å². The van der Waals surface area contributed by atoms with Crippen molar-refractivity contribution in [3.63, 3.8) is 0 Å². The molecule has 100 valence electrons. The third-order valence-corrected chi connectivity index (χ3v) is 5.36. The maximum absolute atomic E-state index is 4.23. The lowest BCUT2D eigenvalue weighted by Crippen LogP contribution is -2.31. The summed E-state index contributed by atoms with van der Waals surface area (Å²) in [5.74, 6) is 1.14. The maximum Gasteiger partial charge on any atom is 0.206 e. The second kappa shape index (κ2) is 6.21. The van der Waals surface area contributed by atoms with E-state index in [4.69, 9.17) is 0 Å². The lowest BCUT2D eigenvalue weighted by Gasteiger charge is -2.25. The summed E-state index contributed by atoms with van der Waals surface area (Å²) in [6, 6.07) is 0.671. The van der Waals surface area contributed by atoms with Crippen LogP contribution in [-0.4, -0.2) is 46.5 Å². The summed E-state index contributed by atoms with van der Waals surface area (Å²) in [6.45, 7) is 3.76. The van der Waals surface area contributed by atoms with E-state index in [9.17, 15) is 0 Å². The summed E-state index contributed by atoms with van der Waals surface area (Å²) in [6.07, 6.45) is 6.74. The van der Waals surface area contributed by atoms with Crippen molar-refractivity contribution >= 4 is 28.2 Å². The Morgan fingerprint density at radius 1 is 1.22 bits per heavy atom. The number of likely N-dealkylation sites (tertiary alicyclic amines) is 1. The Bertz CT molecular complexity index is 372. The standard InChI is InChI=1S/C12H20N4S2/c1-2-6-16(7-3-1)8-9-17-12-15-14-11(18-12)13-10-4-5-10/h10H,1-9H2,(H,13,14). The molecule has 0 unspecified atom stereocenters. The van der Waals surface area contributed by atoms with Crippen LogP contribution in [0, 0.1) is 0 Å². The van der Waals surface area contributed by atoms with Gasteiger partial charge in [-0.15, -0.1) is 10.2 Å². The highest BCUT2D eigenvalue weighted by atomic mass is 32.2. The van der Waals surface area contributed by atoms with Gasteiger partial charge in [-0.05, 0) is 38.8 Å². The molecule has 0 amide bonds. The molecule has 1 saturated heterocycles. The monoisotopic (exact) mass is 284 g/mol. The van der Waals surface area contributed by atoms with Crippen molar-refractivity contribution in [1.82, 2.24) is 15.1 Å². The largest absolute Gasteiger partial charge is 0.357 e. The summed E-state index contributed by atoms with van der Waals surface area (Å²) in [4.78, 5) is 2.57. The molecule has 2 heterocycles. The molecule has 0 atom stereocenters. The van der Waals surface area contributed by atoms with Gasteiger partial charge in [-0.2, -0.15) is 0 Å². The summed E-state index contributed by atoms with van der Waals surface area (Å²) in [7, 11) is 0. The van der Waals surface area contributed by atoms with Crippen molar-refractivity contribution < 1.29 is 0 Å². The van der Waals surface area contributed by atoms with Crippen LogP contribution in [0.15, 0.2) is 4.34 Å². The van der Waals surface area contributed by atoms with Gasteiger partial charge in [-0.25, -0.2) is 0 Å². The molecule has 1 aliphatic carbocycles. The summed E-state index contributed by atoms with van der Waals surface area (Å²) in [5.41, 5.74) is 0. The van der Waals surface area contributed by atoms with Gasteiger partial charge in [-0.1, -0.05) is 29.5 Å². The maximum atomic E-state index is 4.23. The molecule has 3 rings (SSSR count). The van der Waals surface area contributed by atoms with Gasteiger partial charge >= 0.3 is 0 Å². The topological polar surface area (TPSA) is 41.1 Å². The SMILES string of the molecule is C1CCN(CCSc2nnc(NC3CC3)s2)CC1. The molecule has 0 radical (unpaired) electrons. The Morgan fingerprint density at radius 3 is 2.83 bits per heavy atom. The molecule has 1 aromatic heterocycles. The minimum Gasteiger partial charge on any atom is -0.357 e. The number of hydrogen-bond donors (Lipinski definition) is 1. The van der Waals surface area contributed by atoms with Gasteiger partial charge in [-0.3, -0.25) is 0 Å². The molecule has 0 aromatic carbocycles. The molecule has 0 bridgehead atoms. The van der Waals surface area contributed by atoms with E-state index in [2.05, 4.69) is 20.4 Å². The van der Waals surface area contributed by atoms with Gasteiger partial charge in [0.1, 0.15) is 0 Å². The van der Waals surface area contributed by atoms with Crippen molar-refractivity contribution in [3.8, 4) is 0 Å². The highest BCUT2D eigenvalue weighted by Crippen LogP contribution is 2.30. The first kappa shape index (κ1) is 12.7. The fourth-order valence-corrected chi connectivity index (χ4v) is 4.07. The van der Waals surface area contributed by atoms with E-state index in [1.54, 1.807) is 11.3 Å². The van der Waals surface area contributed by atoms with Crippen LogP contribution < -0.4 is 5.32 Å². The van der Waals surface area contributed by atoms with Gasteiger partial charge in [0.25, 0.3) is 0 Å². The Labute approximate surface area is 117 Å². The van der Waals surface area contributed by atoms with Gasteiger partial charge in [0.15, 0.2) is 4.34 Å². The van der Waals surface area contributed by atoms with E-state index >= 15 is 0 Å². The molecule has 1 aliphatic heterocycles. The number of anilines is 1. The Balaban J connectivity index is 1.37. The quantitative estimate of drug-likeness (QED) is 0.813. The number of piperidine rings is 1. The minimum absolute atomic E-state index is 0.671. The zero-order valence-electron chi connectivity index (χ0n) is 10.6. The fraction of sp³-hybridized carbons (Fsp3) is 0.833. The molecule has 18 heavy (non-hydrogen) atoms. The van der Waals surface area contributed by atoms with Crippen molar-refractivity contribution in [1.29, 1.82) is 0 Å². The van der Waals surface area contributed by atoms with E-state index in [1.165, 1.54) is 51.7 Å². The van der Waals surface area contributed by atoms with E-state index in [-0.39, 0.29) is 0 Å². The van der Waals surface area contributed by atoms with E-state index in [1.807, 2.05) is 11.8 Å². The highest BCUT2D eigenvalue weighted by Gasteiger charge is 2.22. The van der Waals surface area contributed by atoms with Crippen LogP contribution in [0.3, 0.4) is 0 Å². The van der Waals surface area contributed by atoms with Crippen molar-refractivity contribution in [2.75, 3.05) is 30.7 Å². The average molecular weight is 284 g/mol. The molecule has 1 saturated carbocycles. The van der Waals surface area contributed by atoms with Crippen LogP contribution in [0.1, 0.15) is 32.1 Å². The zero-order valence-corrected chi connectivity index (χ0v) is 12.2. The second-order valence-corrected chi connectivity index (χ2v) is 7.36. The van der Waals surface area contributed by atoms with Gasteiger partial charge < -0.3 is 10.2 Å². The third-order valence-electron chi connectivity index (χ3n) is 3.39. The molecule has 1 N–H and O–H groups in total. The Hall–Kier alpha value is -0.330. The zero-order chi connectivity index (χ0) is 12.2. The number of rotatable bonds is 6. The first-order valence-electron chi connectivity index (χ1n) is 6.85. The van der Waals surface area contributed by atoms with Crippen molar-refractivity contribution in [2.45, 2.75) is 42.5 Å². The number of thioether (sulfide) groups is 1. The smallest absolute Gasteiger partial charge is 0.206 e. The third kappa shape index (κ3) is 3.83. The molecule has 6 heteroatoms. The van der Waals surface area contributed by atoms with Crippen LogP contribution in [0.25, 0.3) is 0 Å². The first-order valence-corrected chi connectivity index (χ1v) is 8.65. The molecule has 4 nitrogen and oxygen atoms in total. The van der Waals surface area contributed by atoms with Crippen LogP contribution in [0.2, 0.25) is 0 Å². The van der Waals surface area contributed by atoms with Crippen LogP contribution in [0.4, 0.5) is 5.13 Å². The van der Waals surface area contributed by atoms with E-state index in [0.29, 0.717) is 6.04 Å². The van der Waals surface area contributed by atoms with Crippen LogP contribution >= 0.6 is 23.1 Å². The number of nitrogens with zero attached hydrogens (tertiary/aromatic N) is 3. The van der Waals surface area contributed by atoms with E-state index < -0.39 is 0 Å². The van der Waals surface area contributed by atoms with Crippen LogP contribution in [0.5, 0.6) is 0 Å². The first-order chi connectivity index (χ1) is 8.90. The number of aromatic nitrogens is 2. The lowest BCUT2D eigenvalue weighted by atomic mass is 10.1. The fourth-order valence-electron chi connectivity index (χ4n) is 2.17. The molecule has 0 spiro atoms. The Morgan fingerprint density at radius 2 is 2.06 bits per heavy atom. The molecule has 2 aliphatic rings. The van der Waals surface area contributed by atoms with Gasteiger partial charge in [0, 0.05) is 18.3 Å². The summed E-state index contributed by atoms with van der Waals surface area (Å²) in [5, 5.41) is 12.8. The van der Waals surface area contributed by atoms with Crippen molar-refractivity contribution in [2.24, 2.45) is 0 Å². The van der Waals surface area contributed by atoms with Crippen LogP contribution in [-0.2, 0) is 0 Å². The molecular formula is C12H20N4S2. The number of nitrogens with one attached hydrogen (secondary N) is 1. The summed E-state index contributed by atoms with van der Waals surface area (Å²) >= 11 is 3.54. The molecule has 1 aromatic rings. The molecule has 2 fully saturated rings. The highest BCUT2D eigenvalue weighted by molar-refractivity contribution is 8.01. The number of hydrogen-bond acceptors (Lipinski definition) is 6. The van der Waals surface area contributed by atoms with Gasteiger partial charge in [0.2, 0.25) is 5.13 Å². The van der Waals surface area contributed by atoms with E-state index in [0.717, 1.165) is 15.2 Å². The Kier molecular flexibility index (Phi) is 4.38.